The largest absolute Gasteiger partial charge is 0.238 e. The third-order valence-electron chi connectivity index (χ3n) is 1.93. The molecule has 0 radical (unpaired) electrons. The van der Waals surface area contributed by atoms with E-state index in [1.165, 1.54) is 0 Å². The van der Waals surface area contributed by atoms with E-state index >= 15 is 0 Å². The zero-order chi connectivity index (χ0) is 10.7. The number of hydrogen-bond acceptors (Lipinski definition) is 4. The molecule has 0 aliphatic heterocycles. The topological polar surface area (TPSA) is 36.7 Å². The van der Waals surface area contributed by atoms with E-state index in [1.54, 1.807) is 29.3 Å². The molecule has 0 bridgehead atoms. The van der Waals surface area contributed by atoms with Crippen LogP contribution in [0.25, 0.3) is 0 Å². The summed E-state index contributed by atoms with van der Waals surface area (Å²) < 4.78 is 1.03. The first-order chi connectivity index (χ1) is 7.29. The molecule has 0 saturated heterocycles. The zero-order valence-electron chi connectivity index (χ0n) is 8.10. The van der Waals surface area contributed by atoms with Crippen molar-refractivity contribution in [2.24, 2.45) is 0 Å². The number of hydrogen-bond donors (Lipinski definition) is 0. The third-order valence-corrected chi connectivity index (χ3v) is 3.81. The smallest absolute Gasteiger partial charge is 0.154 e. The minimum absolute atomic E-state index is 0.735. The van der Waals surface area contributed by atoms with E-state index in [2.05, 4.69) is 11.1 Å². The molecule has 0 atom stereocenters. The first kappa shape index (κ1) is 10.2. The lowest BCUT2D eigenvalue weighted by Gasteiger charge is -2.00. The van der Waals surface area contributed by atoms with Crippen LogP contribution in [0.5, 0.6) is 0 Å². The Hall–Kier alpha value is -1.31. The number of aryl methyl sites for hydroxylation is 1. The van der Waals surface area contributed by atoms with Crippen molar-refractivity contribution in [3.05, 3.63) is 40.9 Å². The lowest BCUT2D eigenvalue weighted by molar-refractivity contribution is 1.24. The molecule has 2 rings (SSSR count). The van der Waals surface area contributed by atoms with Gasteiger partial charge in [-0.05, 0) is 30.7 Å². The van der Waals surface area contributed by atoms with Gasteiger partial charge in [-0.1, -0.05) is 11.8 Å². The summed E-state index contributed by atoms with van der Waals surface area (Å²) in [5, 5.41) is 10.8. The first-order valence-corrected chi connectivity index (χ1v) is 6.07. The van der Waals surface area contributed by atoms with E-state index in [4.69, 9.17) is 5.26 Å². The molecule has 1 aromatic carbocycles. The standard InChI is InChI=1S/C11H8N2S2/c1-8-6-10(3-2-9(8)7-12)15-11-13-4-5-14-11/h2-6H,1H3. The molecule has 0 unspecified atom stereocenters. The normalized spacial score (nSPS) is 9.87. The molecular weight excluding hydrogens is 224 g/mol. The second kappa shape index (κ2) is 4.47. The van der Waals surface area contributed by atoms with Gasteiger partial charge in [-0.3, -0.25) is 0 Å². The van der Waals surface area contributed by atoms with Crippen molar-refractivity contribution in [1.29, 1.82) is 5.26 Å². The highest BCUT2D eigenvalue weighted by molar-refractivity contribution is 8.01. The van der Waals surface area contributed by atoms with Gasteiger partial charge in [-0.25, -0.2) is 4.98 Å². The highest BCUT2D eigenvalue weighted by Crippen LogP contribution is 2.30. The van der Waals surface area contributed by atoms with Crippen LogP contribution in [0.15, 0.2) is 39.0 Å². The maximum atomic E-state index is 8.80. The average molecular weight is 232 g/mol. The first-order valence-electron chi connectivity index (χ1n) is 4.37. The van der Waals surface area contributed by atoms with Gasteiger partial charge < -0.3 is 0 Å². The average Bonchev–Trinajstić information content (AvgIpc) is 2.71. The predicted molar refractivity (Wildman–Crippen MR) is 62.1 cm³/mol. The van der Waals surface area contributed by atoms with Gasteiger partial charge in [0.2, 0.25) is 0 Å². The quantitative estimate of drug-likeness (QED) is 0.795. The molecule has 1 heterocycles. The van der Waals surface area contributed by atoms with E-state index < -0.39 is 0 Å². The Bertz CT molecular complexity index is 498. The second-order valence-corrected chi connectivity index (χ2v) is 5.20. The van der Waals surface area contributed by atoms with Crippen LogP contribution in [-0.2, 0) is 0 Å². The Kier molecular flexibility index (Phi) is 3.05. The van der Waals surface area contributed by atoms with Crippen LogP contribution in [0, 0.1) is 18.3 Å². The molecule has 0 aliphatic rings. The molecule has 0 amide bonds. The van der Waals surface area contributed by atoms with E-state index in [-0.39, 0.29) is 0 Å². The van der Waals surface area contributed by atoms with Crippen LogP contribution in [0.4, 0.5) is 0 Å². The van der Waals surface area contributed by atoms with E-state index in [9.17, 15) is 0 Å². The Morgan fingerprint density at radius 1 is 1.47 bits per heavy atom. The molecule has 0 N–H and O–H groups in total. The number of nitrogens with zero attached hydrogens (tertiary/aromatic N) is 2. The van der Waals surface area contributed by atoms with Gasteiger partial charge in [0.1, 0.15) is 0 Å². The third kappa shape index (κ3) is 2.38. The minimum atomic E-state index is 0.735. The van der Waals surface area contributed by atoms with Gasteiger partial charge in [0.25, 0.3) is 0 Å². The van der Waals surface area contributed by atoms with Crippen LogP contribution >= 0.6 is 23.1 Å². The minimum Gasteiger partial charge on any atom is -0.238 e. The Morgan fingerprint density at radius 2 is 2.33 bits per heavy atom. The van der Waals surface area contributed by atoms with Crippen LogP contribution in [-0.4, -0.2) is 4.98 Å². The van der Waals surface area contributed by atoms with E-state index in [0.717, 1.165) is 20.4 Å². The van der Waals surface area contributed by atoms with Crippen molar-refractivity contribution in [3.63, 3.8) is 0 Å². The molecule has 0 spiro atoms. The van der Waals surface area contributed by atoms with Gasteiger partial charge in [-0.15, -0.1) is 11.3 Å². The number of rotatable bonds is 2. The molecular formula is C11H8N2S2. The maximum Gasteiger partial charge on any atom is 0.154 e. The van der Waals surface area contributed by atoms with Gasteiger partial charge >= 0.3 is 0 Å². The highest BCUT2D eigenvalue weighted by atomic mass is 32.2. The lowest BCUT2D eigenvalue weighted by Crippen LogP contribution is -1.82. The molecule has 0 aliphatic carbocycles. The Balaban J connectivity index is 2.24. The van der Waals surface area contributed by atoms with Crippen LogP contribution in [0.2, 0.25) is 0 Å². The zero-order valence-corrected chi connectivity index (χ0v) is 9.73. The fourth-order valence-corrected chi connectivity index (χ4v) is 2.88. The highest BCUT2D eigenvalue weighted by Gasteiger charge is 2.02. The van der Waals surface area contributed by atoms with Crippen molar-refractivity contribution in [2.75, 3.05) is 0 Å². The van der Waals surface area contributed by atoms with Gasteiger partial charge in [0.15, 0.2) is 4.34 Å². The van der Waals surface area contributed by atoms with Crippen molar-refractivity contribution in [2.45, 2.75) is 16.2 Å². The summed E-state index contributed by atoms with van der Waals surface area (Å²) in [5.74, 6) is 0. The summed E-state index contributed by atoms with van der Waals surface area (Å²) in [4.78, 5) is 5.33. The van der Waals surface area contributed by atoms with Gasteiger partial charge in [-0.2, -0.15) is 5.26 Å². The predicted octanol–water partition coefficient (Wildman–Crippen LogP) is 3.47. The molecule has 4 heteroatoms. The van der Waals surface area contributed by atoms with E-state index in [1.807, 2.05) is 30.5 Å². The van der Waals surface area contributed by atoms with Crippen LogP contribution in [0.1, 0.15) is 11.1 Å². The number of thiazole rings is 1. The summed E-state index contributed by atoms with van der Waals surface area (Å²) in [6, 6.07) is 7.99. The Morgan fingerprint density at radius 3 is 2.93 bits per heavy atom. The maximum absolute atomic E-state index is 8.80. The van der Waals surface area contributed by atoms with Crippen molar-refractivity contribution < 1.29 is 0 Å². The van der Waals surface area contributed by atoms with Crippen LogP contribution < -0.4 is 0 Å². The van der Waals surface area contributed by atoms with E-state index in [0.29, 0.717) is 0 Å². The second-order valence-electron chi connectivity index (χ2n) is 2.99. The molecule has 1 aromatic heterocycles. The van der Waals surface area contributed by atoms with Crippen molar-refractivity contribution >= 4 is 23.1 Å². The SMILES string of the molecule is Cc1cc(Sc2nccs2)ccc1C#N. The van der Waals surface area contributed by atoms with Crippen LogP contribution in [0.3, 0.4) is 0 Å². The number of aromatic nitrogens is 1. The summed E-state index contributed by atoms with van der Waals surface area (Å²) in [6.07, 6.45) is 1.80. The molecule has 0 saturated carbocycles. The Labute approximate surface area is 96.6 Å². The summed E-state index contributed by atoms with van der Waals surface area (Å²) >= 11 is 3.25. The molecule has 2 aromatic rings. The van der Waals surface area contributed by atoms with Crippen molar-refractivity contribution in [1.82, 2.24) is 4.98 Å². The summed E-state index contributed by atoms with van der Waals surface area (Å²) in [6.45, 7) is 1.95. The fraction of sp³-hybridized carbons (Fsp3) is 0.0909. The molecule has 0 fully saturated rings. The number of benzene rings is 1. The summed E-state index contributed by atoms with van der Waals surface area (Å²) in [7, 11) is 0. The molecule has 74 valence electrons. The van der Waals surface area contributed by atoms with Gasteiger partial charge in [0.05, 0.1) is 11.6 Å². The monoisotopic (exact) mass is 232 g/mol. The van der Waals surface area contributed by atoms with Gasteiger partial charge in [0, 0.05) is 16.5 Å². The fourth-order valence-electron chi connectivity index (χ4n) is 1.19. The molecule has 2 nitrogen and oxygen atoms in total. The number of nitriles is 1. The molecule has 15 heavy (non-hydrogen) atoms. The van der Waals surface area contributed by atoms with Crippen molar-refractivity contribution in [3.8, 4) is 6.07 Å². The lowest BCUT2D eigenvalue weighted by atomic mass is 10.1. The summed E-state index contributed by atoms with van der Waals surface area (Å²) in [5.41, 5.74) is 1.75.